The smallest absolute Gasteiger partial charge is 0.349 e. The molecular weight excluding hydrogens is 322 g/mol. The van der Waals surface area contributed by atoms with Crippen molar-refractivity contribution in [1.29, 1.82) is 0 Å². The molecule has 0 fully saturated rings. The van der Waals surface area contributed by atoms with Crippen molar-refractivity contribution < 1.29 is 43.7 Å². The zero-order valence-corrected chi connectivity index (χ0v) is 12.5. The van der Waals surface area contributed by atoms with Gasteiger partial charge in [0.25, 0.3) is 5.91 Å². The summed E-state index contributed by atoms with van der Waals surface area (Å²) in [7, 11) is 0. The third-order valence-electron chi connectivity index (χ3n) is 2.16. The summed E-state index contributed by atoms with van der Waals surface area (Å²) >= 11 is 3.71. The summed E-state index contributed by atoms with van der Waals surface area (Å²) in [4.78, 5) is 55.7. The molecule has 0 aliphatic rings. The molecule has 0 aromatic carbocycles. The number of hydrogen-bond acceptors (Lipinski definition) is 8. The highest BCUT2D eigenvalue weighted by Crippen LogP contribution is 2.08. The maximum atomic E-state index is 11.9. The summed E-state index contributed by atoms with van der Waals surface area (Å²) in [5, 5.41) is 19.7. The Kier molecular flexibility index (Phi) is 7.94. The molecule has 0 rings (SSSR count). The van der Waals surface area contributed by atoms with Gasteiger partial charge in [-0.15, -0.1) is 0 Å². The number of carboxylic acid groups (broad SMARTS) is 2. The van der Waals surface area contributed by atoms with Crippen molar-refractivity contribution in [2.75, 3.05) is 5.75 Å². The van der Waals surface area contributed by atoms with Crippen LogP contribution in [0.25, 0.3) is 0 Å². The second-order valence-corrected chi connectivity index (χ2v) is 4.35. The predicted octanol–water partition coefficient (Wildman–Crippen LogP) is -1.57. The highest BCUT2D eigenvalue weighted by Gasteiger charge is 2.40. The van der Waals surface area contributed by atoms with Crippen LogP contribution in [-0.2, 0) is 33.4 Å². The van der Waals surface area contributed by atoms with Gasteiger partial charge in [0.1, 0.15) is 6.04 Å². The third-order valence-corrected chi connectivity index (χ3v) is 2.52. The van der Waals surface area contributed by atoms with E-state index in [2.05, 4.69) is 22.1 Å². The third kappa shape index (κ3) is 6.43. The fraction of sp³-hybridized carbons (Fsp3) is 0.545. The van der Waals surface area contributed by atoms with Gasteiger partial charge < -0.3 is 25.0 Å². The van der Waals surface area contributed by atoms with Gasteiger partial charge in [0.05, 0.1) is 0 Å². The van der Waals surface area contributed by atoms with Crippen LogP contribution in [0.2, 0.25) is 0 Å². The fourth-order valence-corrected chi connectivity index (χ4v) is 1.54. The first-order valence-corrected chi connectivity index (χ1v) is 6.44. The van der Waals surface area contributed by atoms with Crippen molar-refractivity contribution in [3.8, 4) is 0 Å². The van der Waals surface area contributed by atoms with Gasteiger partial charge in [-0.2, -0.15) is 12.6 Å². The van der Waals surface area contributed by atoms with E-state index in [4.69, 9.17) is 10.2 Å². The lowest BCUT2D eigenvalue weighted by Gasteiger charge is -2.23. The van der Waals surface area contributed by atoms with Gasteiger partial charge in [0.2, 0.25) is 12.2 Å². The van der Waals surface area contributed by atoms with Crippen LogP contribution in [0.5, 0.6) is 0 Å². The molecule has 3 N–H and O–H groups in total. The maximum Gasteiger partial charge on any atom is 0.349 e. The van der Waals surface area contributed by atoms with E-state index in [0.29, 0.717) is 0 Å². The Morgan fingerprint density at radius 2 is 1.41 bits per heavy atom. The number of thiol groups is 1. The quantitative estimate of drug-likeness (QED) is 0.303. The molecule has 0 bridgehead atoms. The Bertz CT molecular complexity index is 478. The number of carbonyl (C=O) groups is 5. The molecule has 0 radical (unpaired) electrons. The van der Waals surface area contributed by atoms with Gasteiger partial charge >= 0.3 is 23.9 Å². The SMILES string of the molecule is CC(=O)O[C@@H](C(=O)O)[C@@H](OC(C)=O)C(=O)N[C@@H](CS)C(=O)O. The van der Waals surface area contributed by atoms with Crippen molar-refractivity contribution in [1.82, 2.24) is 5.32 Å². The Hall–Kier alpha value is -2.30. The van der Waals surface area contributed by atoms with Crippen LogP contribution in [0.3, 0.4) is 0 Å². The molecule has 3 atom stereocenters. The number of carbonyl (C=O) groups excluding carboxylic acids is 3. The molecule has 0 saturated heterocycles. The molecule has 0 aliphatic carbocycles. The Morgan fingerprint density at radius 3 is 1.73 bits per heavy atom. The summed E-state index contributed by atoms with van der Waals surface area (Å²) < 4.78 is 8.96. The maximum absolute atomic E-state index is 11.9. The second-order valence-electron chi connectivity index (χ2n) is 3.98. The molecule has 0 spiro atoms. The average Bonchev–Trinajstić information content (AvgIpc) is 2.38. The van der Waals surface area contributed by atoms with Gasteiger partial charge in [-0.3, -0.25) is 14.4 Å². The standard InChI is InChI=1S/C11H15NO9S/c1-4(13)20-7(8(11(18)19)21-5(2)14)9(15)12-6(3-22)10(16)17/h6-8,22H,3H2,1-2H3,(H,12,15)(H,16,17)(H,18,19)/t6-,7+,8+/m0/s1. The lowest BCUT2D eigenvalue weighted by atomic mass is 10.1. The van der Waals surface area contributed by atoms with E-state index < -0.39 is 48.0 Å². The van der Waals surface area contributed by atoms with Gasteiger partial charge in [0, 0.05) is 19.6 Å². The van der Waals surface area contributed by atoms with E-state index in [-0.39, 0.29) is 5.75 Å². The van der Waals surface area contributed by atoms with E-state index in [0.717, 1.165) is 13.8 Å². The van der Waals surface area contributed by atoms with E-state index in [1.54, 1.807) is 0 Å². The molecule has 11 heteroatoms. The summed E-state index contributed by atoms with van der Waals surface area (Å²) in [5.74, 6) is -6.75. The highest BCUT2D eigenvalue weighted by molar-refractivity contribution is 7.80. The Balaban J connectivity index is 5.35. The van der Waals surface area contributed by atoms with Crippen molar-refractivity contribution in [2.45, 2.75) is 32.1 Å². The molecule has 0 aromatic rings. The molecular formula is C11H15NO9S. The van der Waals surface area contributed by atoms with Crippen molar-refractivity contribution in [2.24, 2.45) is 0 Å². The van der Waals surface area contributed by atoms with Crippen LogP contribution >= 0.6 is 12.6 Å². The normalized spacial score (nSPS) is 14.1. The lowest BCUT2D eigenvalue weighted by Crippen LogP contribution is -2.54. The molecule has 0 aromatic heterocycles. The van der Waals surface area contributed by atoms with Crippen molar-refractivity contribution in [3.63, 3.8) is 0 Å². The van der Waals surface area contributed by atoms with Gasteiger partial charge in [0.15, 0.2) is 0 Å². The number of esters is 2. The Morgan fingerprint density at radius 1 is 0.955 bits per heavy atom. The molecule has 124 valence electrons. The van der Waals surface area contributed by atoms with Crippen LogP contribution in [0.4, 0.5) is 0 Å². The van der Waals surface area contributed by atoms with Gasteiger partial charge in [-0.1, -0.05) is 0 Å². The zero-order valence-electron chi connectivity index (χ0n) is 11.6. The predicted molar refractivity (Wildman–Crippen MR) is 72.2 cm³/mol. The van der Waals surface area contributed by atoms with E-state index in [1.807, 2.05) is 5.32 Å². The largest absolute Gasteiger partial charge is 0.480 e. The fourth-order valence-electron chi connectivity index (χ4n) is 1.29. The average molecular weight is 337 g/mol. The van der Waals surface area contributed by atoms with Gasteiger partial charge in [-0.25, -0.2) is 9.59 Å². The van der Waals surface area contributed by atoms with Crippen LogP contribution < -0.4 is 5.32 Å². The minimum absolute atomic E-state index is 0.292. The van der Waals surface area contributed by atoms with E-state index >= 15 is 0 Å². The number of rotatable bonds is 8. The number of carboxylic acids is 2. The molecule has 0 unspecified atom stereocenters. The molecule has 1 amide bonds. The number of amides is 1. The van der Waals surface area contributed by atoms with Crippen molar-refractivity contribution >= 4 is 42.4 Å². The Labute approximate surface area is 130 Å². The summed E-state index contributed by atoms with van der Waals surface area (Å²) in [6, 6.07) is -1.44. The zero-order chi connectivity index (χ0) is 17.4. The molecule has 22 heavy (non-hydrogen) atoms. The minimum Gasteiger partial charge on any atom is -0.480 e. The summed E-state index contributed by atoms with van der Waals surface area (Å²) in [6.07, 6.45) is -4.16. The molecule has 0 aliphatic heterocycles. The second kappa shape index (κ2) is 8.87. The van der Waals surface area contributed by atoms with Crippen LogP contribution in [0.15, 0.2) is 0 Å². The van der Waals surface area contributed by atoms with E-state index in [1.165, 1.54) is 0 Å². The number of nitrogens with one attached hydrogen (secondary N) is 1. The molecule has 0 heterocycles. The molecule has 0 saturated carbocycles. The van der Waals surface area contributed by atoms with E-state index in [9.17, 15) is 24.0 Å². The first kappa shape index (κ1) is 19.7. The van der Waals surface area contributed by atoms with Gasteiger partial charge in [-0.05, 0) is 0 Å². The topological polar surface area (TPSA) is 156 Å². The number of ether oxygens (including phenoxy) is 2. The molecule has 10 nitrogen and oxygen atoms in total. The summed E-state index contributed by atoms with van der Waals surface area (Å²) in [5.41, 5.74) is 0. The van der Waals surface area contributed by atoms with Crippen LogP contribution in [-0.4, -0.2) is 64.0 Å². The lowest BCUT2D eigenvalue weighted by molar-refractivity contribution is -0.181. The number of aliphatic carboxylic acids is 2. The summed E-state index contributed by atoms with van der Waals surface area (Å²) in [6.45, 7) is 1.80. The highest BCUT2D eigenvalue weighted by atomic mass is 32.1. The first-order chi connectivity index (χ1) is 10.1. The number of hydrogen-bond donors (Lipinski definition) is 4. The van der Waals surface area contributed by atoms with Crippen LogP contribution in [0.1, 0.15) is 13.8 Å². The first-order valence-electron chi connectivity index (χ1n) is 5.81. The van der Waals surface area contributed by atoms with Crippen LogP contribution in [0, 0.1) is 0 Å². The monoisotopic (exact) mass is 337 g/mol. The van der Waals surface area contributed by atoms with Crippen molar-refractivity contribution in [3.05, 3.63) is 0 Å². The minimum atomic E-state index is -2.12.